The number of amides is 1. The van der Waals surface area contributed by atoms with Crippen molar-refractivity contribution in [3.8, 4) is 5.75 Å². The minimum atomic E-state index is -0.833. The number of piperazine rings is 1. The third kappa shape index (κ3) is 3.88. The maximum Gasteiger partial charge on any atom is 0.407 e. The van der Waals surface area contributed by atoms with Crippen LogP contribution in [-0.2, 0) is 0 Å². The molecule has 3 rings (SSSR count). The third-order valence-electron chi connectivity index (χ3n) is 4.72. The van der Waals surface area contributed by atoms with Gasteiger partial charge in [-0.1, -0.05) is 12.1 Å². The number of ether oxygens (including phenoxy) is 1. The molecule has 2 aliphatic rings. The third-order valence-corrected chi connectivity index (χ3v) is 4.72. The predicted octanol–water partition coefficient (Wildman–Crippen LogP) is 1.96. The molecule has 0 bridgehead atoms. The Bertz CT molecular complexity index is 536. The van der Waals surface area contributed by atoms with Crippen molar-refractivity contribution in [1.82, 2.24) is 9.80 Å². The molecule has 1 N–H and O–H groups in total. The number of piperidine rings is 1. The highest BCUT2D eigenvalue weighted by Gasteiger charge is 2.24. The van der Waals surface area contributed by atoms with Crippen LogP contribution >= 0.6 is 0 Å². The number of benzene rings is 1. The van der Waals surface area contributed by atoms with Crippen LogP contribution in [0, 0.1) is 0 Å². The highest BCUT2D eigenvalue weighted by Crippen LogP contribution is 2.31. The van der Waals surface area contributed by atoms with E-state index in [0.717, 1.165) is 37.4 Å². The molecule has 6 nitrogen and oxygen atoms in total. The highest BCUT2D eigenvalue weighted by molar-refractivity contribution is 5.66. The first-order valence-corrected chi connectivity index (χ1v) is 8.30. The molecule has 6 heteroatoms. The SMILES string of the molecule is CN1CCC(Oc2ccccc2N2CCN(C(=O)O)CC2)CC1. The van der Waals surface area contributed by atoms with Crippen molar-refractivity contribution in [2.75, 3.05) is 51.2 Å². The Hall–Kier alpha value is -1.95. The number of hydrogen-bond acceptors (Lipinski definition) is 4. The second kappa shape index (κ2) is 7.08. The molecule has 0 aromatic heterocycles. The largest absolute Gasteiger partial charge is 0.488 e. The van der Waals surface area contributed by atoms with Gasteiger partial charge in [0.15, 0.2) is 0 Å². The quantitative estimate of drug-likeness (QED) is 0.923. The Kier molecular flexibility index (Phi) is 4.91. The predicted molar refractivity (Wildman–Crippen MR) is 89.4 cm³/mol. The van der Waals surface area contributed by atoms with Crippen molar-refractivity contribution in [1.29, 1.82) is 0 Å². The average Bonchev–Trinajstić information content (AvgIpc) is 2.57. The summed E-state index contributed by atoms with van der Waals surface area (Å²) in [5, 5.41) is 9.07. The molecule has 1 aromatic rings. The second-order valence-corrected chi connectivity index (χ2v) is 6.34. The van der Waals surface area contributed by atoms with Crippen LogP contribution in [0.3, 0.4) is 0 Å². The summed E-state index contributed by atoms with van der Waals surface area (Å²) in [5.74, 6) is 0.922. The zero-order valence-electron chi connectivity index (χ0n) is 13.6. The summed E-state index contributed by atoms with van der Waals surface area (Å²) in [7, 11) is 2.14. The van der Waals surface area contributed by atoms with Gasteiger partial charge in [0.1, 0.15) is 11.9 Å². The van der Waals surface area contributed by atoms with Crippen LogP contribution in [0.15, 0.2) is 24.3 Å². The average molecular weight is 319 g/mol. The summed E-state index contributed by atoms with van der Waals surface area (Å²) in [6, 6.07) is 8.11. The van der Waals surface area contributed by atoms with Crippen molar-refractivity contribution >= 4 is 11.8 Å². The van der Waals surface area contributed by atoms with E-state index in [1.807, 2.05) is 18.2 Å². The van der Waals surface area contributed by atoms with E-state index in [-0.39, 0.29) is 6.10 Å². The molecule has 0 unspecified atom stereocenters. The van der Waals surface area contributed by atoms with Gasteiger partial charge in [0, 0.05) is 39.3 Å². The molecule has 23 heavy (non-hydrogen) atoms. The van der Waals surface area contributed by atoms with Gasteiger partial charge in [-0.15, -0.1) is 0 Å². The fourth-order valence-corrected chi connectivity index (χ4v) is 3.24. The highest BCUT2D eigenvalue weighted by atomic mass is 16.5. The lowest BCUT2D eigenvalue weighted by molar-refractivity contribution is 0.114. The van der Waals surface area contributed by atoms with Crippen molar-refractivity contribution in [3.05, 3.63) is 24.3 Å². The smallest absolute Gasteiger partial charge is 0.407 e. The van der Waals surface area contributed by atoms with Gasteiger partial charge in [-0.05, 0) is 32.0 Å². The van der Waals surface area contributed by atoms with Crippen LogP contribution in [0.5, 0.6) is 5.75 Å². The Morgan fingerprint density at radius 1 is 1.09 bits per heavy atom. The van der Waals surface area contributed by atoms with Gasteiger partial charge >= 0.3 is 6.09 Å². The monoisotopic (exact) mass is 319 g/mol. The number of carboxylic acid groups (broad SMARTS) is 1. The fourth-order valence-electron chi connectivity index (χ4n) is 3.24. The van der Waals surface area contributed by atoms with Gasteiger partial charge in [-0.3, -0.25) is 0 Å². The Balaban J connectivity index is 1.65. The molecular weight excluding hydrogens is 294 g/mol. The molecule has 0 radical (unpaired) electrons. The molecule has 0 saturated carbocycles. The van der Waals surface area contributed by atoms with Gasteiger partial charge < -0.3 is 24.5 Å². The summed E-state index contributed by atoms with van der Waals surface area (Å²) in [6.07, 6.45) is 1.54. The molecular formula is C17H25N3O3. The van der Waals surface area contributed by atoms with Crippen molar-refractivity contribution in [3.63, 3.8) is 0 Å². The van der Waals surface area contributed by atoms with Crippen LogP contribution in [0.25, 0.3) is 0 Å². The summed E-state index contributed by atoms with van der Waals surface area (Å²) >= 11 is 0. The molecule has 2 saturated heterocycles. The number of carbonyl (C=O) groups is 1. The second-order valence-electron chi connectivity index (χ2n) is 6.34. The molecule has 0 atom stereocenters. The summed E-state index contributed by atoms with van der Waals surface area (Å²) in [4.78, 5) is 17.1. The van der Waals surface area contributed by atoms with Gasteiger partial charge in [0.05, 0.1) is 5.69 Å². The van der Waals surface area contributed by atoms with E-state index in [4.69, 9.17) is 9.84 Å². The fraction of sp³-hybridized carbons (Fsp3) is 0.588. The summed E-state index contributed by atoms with van der Waals surface area (Å²) < 4.78 is 6.26. The maximum absolute atomic E-state index is 11.0. The van der Waals surface area contributed by atoms with Gasteiger partial charge in [0.25, 0.3) is 0 Å². The zero-order valence-corrected chi connectivity index (χ0v) is 13.6. The molecule has 2 heterocycles. The topological polar surface area (TPSA) is 56.2 Å². The molecule has 0 spiro atoms. The number of rotatable bonds is 3. The first-order chi connectivity index (χ1) is 11.1. The van der Waals surface area contributed by atoms with E-state index < -0.39 is 6.09 Å². The summed E-state index contributed by atoms with van der Waals surface area (Å²) in [6.45, 7) is 4.64. The standard InChI is InChI=1S/C17H25N3O3/c1-18-8-6-14(7-9-18)23-16-5-3-2-4-15(16)19-10-12-20(13-11-19)17(21)22/h2-5,14H,6-13H2,1H3,(H,21,22). The lowest BCUT2D eigenvalue weighted by Gasteiger charge is -2.36. The normalized spacial score (nSPS) is 20.6. The van der Waals surface area contributed by atoms with Crippen molar-refractivity contribution in [2.45, 2.75) is 18.9 Å². The minimum Gasteiger partial charge on any atom is -0.488 e. The van der Waals surface area contributed by atoms with Crippen molar-refractivity contribution in [2.24, 2.45) is 0 Å². The first kappa shape index (κ1) is 15.9. The number of para-hydroxylation sites is 2. The van der Waals surface area contributed by atoms with E-state index >= 15 is 0 Å². The molecule has 0 aliphatic carbocycles. The molecule has 126 valence electrons. The number of anilines is 1. The van der Waals surface area contributed by atoms with E-state index in [1.165, 1.54) is 4.90 Å². The lowest BCUT2D eigenvalue weighted by atomic mass is 10.1. The van der Waals surface area contributed by atoms with E-state index in [9.17, 15) is 4.79 Å². The first-order valence-electron chi connectivity index (χ1n) is 8.30. The van der Waals surface area contributed by atoms with Crippen LogP contribution in [-0.4, -0.2) is 73.4 Å². The Morgan fingerprint density at radius 3 is 2.39 bits per heavy atom. The van der Waals surface area contributed by atoms with Gasteiger partial charge in [-0.25, -0.2) is 4.79 Å². The van der Waals surface area contributed by atoms with Crippen LogP contribution in [0.1, 0.15) is 12.8 Å². The van der Waals surface area contributed by atoms with E-state index in [2.05, 4.69) is 22.9 Å². The Morgan fingerprint density at radius 2 is 1.74 bits per heavy atom. The molecule has 2 aliphatic heterocycles. The van der Waals surface area contributed by atoms with E-state index in [1.54, 1.807) is 0 Å². The number of nitrogens with zero attached hydrogens (tertiary/aromatic N) is 3. The van der Waals surface area contributed by atoms with Gasteiger partial charge in [0.2, 0.25) is 0 Å². The zero-order chi connectivity index (χ0) is 16.2. The van der Waals surface area contributed by atoms with Crippen LogP contribution in [0.4, 0.5) is 10.5 Å². The molecule has 1 aromatic carbocycles. The minimum absolute atomic E-state index is 0.271. The lowest BCUT2D eigenvalue weighted by Crippen LogP contribution is -2.48. The van der Waals surface area contributed by atoms with Crippen LogP contribution in [0.2, 0.25) is 0 Å². The number of likely N-dealkylation sites (tertiary alicyclic amines) is 1. The van der Waals surface area contributed by atoms with Crippen molar-refractivity contribution < 1.29 is 14.6 Å². The number of hydrogen-bond donors (Lipinski definition) is 1. The summed E-state index contributed by atoms with van der Waals surface area (Å²) in [5.41, 5.74) is 1.08. The Labute approximate surface area is 137 Å². The molecule has 2 fully saturated rings. The van der Waals surface area contributed by atoms with Crippen LogP contribution < -0.4 is 9.64 Å². The molecule has 1 amide bonds. The van der Waals surface area contributed by atoms with Gasteiger partial charge in [-0.2, -0.15) is 0 Å². The van der Waals surface area contributed by atoms with E-state index in [0.29, 0.717) is 26.2 Å². The maximum atomic E-state index is 11.0.